The molecule has 0 unspecified atom stereocenters. The lowest BCUT2D eigenvalue weighted by atomic mass is 10.1. The fourth-order valence-corrected chi connectivity index (χ4v) is 1.82. The van der Waals surface area contributed by atoms with E-state index >= 15 is 0 Å². The van der Waals surface area contributed by atoms with E-state index in [1.807, 2.05) is 31.2 Å². The molecule has 0 radical (unpaired) electrons. The molecule has 1 aromatic heterocycles. The highest BCUT2D eigenvalue weighted by atomic mass is 16.3. The van der Waals surface area contributed by atoms with Gasteiger partial charge in [-0.15, -0.1) is 0 Å². The van der Waals surface area contributed by atoms with Crippen molar-refractivity contribution >= 4 is 5.96 Å². The maximum atomic E-state index is 5.78. The molecule has 0 aliphatic carbocycles. The monoisotopic (exact) mass is 286 g/mol. The summed E-state index contributed by atoms with van der Waals surface area (Å²) in [5, 5.41) is 3.07. The van der Waals surface area contributed by atoms with Gasteiger partial charge in [0, 0.05) is 12.1 Å². The quantitative estimate of drug-likeness (QED) is 0.486. The van der Waals surface area contributed by atoms with Crippen LogP contribution in [0, 0.1) is 6.92 Å². The molecule has 2 rings (SSSR count). The number of rotatable bonds is 6. The number of oxazole rings is 1. The van der Waals surface area contributed by atoms with Gasteiger partial charge in [0.05, 0.1) is 6.54 Å². The van der Waals surface area contributed by atoms with Gasteiger partial charge >= 0.3 is 0 Å². The zero-order valence-electron chi connectivity index (χ0n) is 12.6. The van der Waals surface area contributed by atoms with Crippen molar-refractivity contribution in [1.82, 2.24) is 10.3 Å². The Morgan fingerprint density at radius 1 is 1.33 bits per heavy atom. The Bertz CT molecular complexity index is 587. The van der Waals surface area contributed by atoms with E-state index in [-0.39, 0.29) is 0 Å². The van der Waals surface area contributed by atoms with Crippen molar-refractivity contribution in [2.45, 2.75) is 33.2 Å². The number of benzene rings is 1. The summed E-state index contributed by atoms with van der Waals surface area (Å²) in [4.78, 5) is 8.67. The van der Waals surface area contributed by atoms with Crippen LogP contribution in [0.5, 0.6) is 0 Å². The molecule has 2 aromatic rings. The Balaban J connectivity index is 1.94. The van der Waals surface area contributed by atoms with Crippen molar-refractivity contribution in [2.75, 3.05) is 6.54 Å². The molecule has 0 saturated heterocycles. The summed E-state index contributed by atoms with van der Waals surface area (Å²) in [7, 11) is 0. The summed E-state index contributed by atoms with van der Waals surface area (Å²) >= 11 is 0. The second-order valence-corrected chi connectivity index (χ2v) is 4.99. The average molecular weight is 286 g/mol. The van der Waals surface area contributed by atoms with Crippen LogP contribution in [0.15, 0.2) is 39.9 Å². The van der Waals surface area contributed by atoms with Crippen molar-refractivity contribution in [2.24, 2.45) is 10.7 Å². The zero-order valence-corrected chi connectivity index (χ0v) is 12.6. The third-order valence-electron chi connectivity index (χ3n) is 3.10. The Kier molecular flexibility index (Phi) is 5.37. The molecule has 0 saturated carbocycles. The van der Waals surface area contributed by atoms with Crippen LogP contribution >= 0.6 is 0 Å². The fourth-order valence-electron chi connectivity index (χ4n) is 1.82. The number of guanidine groups is 1. The number of aliphatic imine (C=N–C) groups is 1. The molecule has 5 nitrogen and oxygen atoms in total. The molecule has 5 heteroatoms. The topological polar surface area (TPSA) is 76.4 Å². The number of aryl methyl sites for hydroxylation is 1. The van der Waals surface area contributed by atoms with Gasteiger partial charge in [0.15, 0.2) is 5.96 Å². The summed E-state index contributed by atoms with van der Waals surface area (Å²) in [5.41, 5.74) is 8.72. The van der Waals surface area contributed by atoms with Crippen LogP contribution in [0.4, 0.5) is 0 Å². The lowest BCUT2D eigenvalue weighted by molar-refractivity contribution is 0.572. The second kappa shape index (κ2) is 7.47. The summed E-state index contributed by atoms with van der Waals surface area (Å²) in [6.07, 6.45) is 3.83. The highest BCUT2D eigenvalue weighted by Gasteiger charge is 2.06. The van der Waals surface area contributed by atoms with Gasteiger partial charge in [-0.05, 0) is 25.5 Å². The fraction of sp³-hybridized carbons (Fsp3) is 0.375. The van der Waals surface area contributed by atoms with Gasteiger partial charge < -0.3 is 15.5 Å². The van der Waals surface area contributed by atoms with E-state index in [1.165, 1.54) is 5.56 Å². The first-order valence-electron chi connectivity index (χ1n) is 7.24. The molecular formula is C16H22N4O. The summed E-state index contributed by atoms with van der Waals surface area (Å²) < 4.78 is 5.48. The van der Waals surface area contributed by atoms with Crippen LogP contribution in [0.2, 0.25) is 0 Å². The summed E-state index contributed by atoms with van der Waals surface area (Å²) in [6.45, 7) is 5.45. The van der Waals surface area contributed by atoms with Crippen LogP contribution < -0.4 is 11.1 Å². The van der Waals surface area contributed by atoms with E-state index in [4.69, 9.17) is 10.2 Å². The predicted molar refractivity (Wildman–Crippen MR) is 84.9 cm³/mol. The van der Waals surface area contributed by atoms with Crippen molar-refractivity contribution in [3.05, 3.63) is 41.8 Å². The van der Waals surface area contributed by atoms with Crippen LogP contribution in [-0.2, 0) is 6.54 Å². The molecule has 21 heavy (non-hydrogen) atoms. The number of nitrogens with one attached hydrogen (secondary N) is 1. The van der Waals surface area contributed by atoms with Gasteiger partial charge in [-0.3, -0.25) is 0 Å². The Hall–Kier alpha value is -2.30. The summed E-state index contributed by atoms with van der Waals surface area (Å²) in [6, 6.07) is 8.06. The van der Waals surface area contributed by atoms with E-state index in [2.05, 4.69) is 22.2 Å². The molecule has 0 atom stereocenters. The number of unbranched alkanes of at least 4 members (excludes halogenated alkanes) is 1. The molecule has 112 valence electrons. The van der Waals surface area contributed by atoms with Gasteiger partial charge in [-0.2, -0.15) is 0 Å². The van der Waals surface area contributed by atoms with Crippen molar-refractivity contribution in [1.29, 1.82) is 0 Å². The van der Waals surface area contributed by atoms with E-state index in [0.717, 1.165) is 30.6 Å². The van der Waals surface area contributed by atoms with Crippen LogP contribution in [0.3, 0.4) is 0 Å². The van der Waals surface area contributed by atoms with E-state index < -0.39 is 0 Å². The number of nitrogens with zero attached hydrogens (tertiary/aromatic N) is 2. The van der Waals surface area contributed by atoms with Gasteiger partial charge in [-0.25, -0.2) is 9.98 Å². The molecule has 0 amide bonds. The highest BCUT2D eigenvalue weighted by molar-refractivity contribution is 5.77. The van der Waals surface area contributed by atoms with Crippen molar-refractivity contribution in [3.63, 3.8) is 0 Å². The first-order chi connectivity index (χ1) is 10.2. The van der Waals surface area contributed by atoms with Gasteiger partial charge in [0.25, 0.3) is 0 Å². The lowest BCUT2D eigenvalue weighted by Gasteiger charge is -2.02. The molecule has 0 aliphatic heterocycles. The van der Waals surface area contributed by atoms with E-state index in [0.29, 0.717) is 18.4 Å². The SMILES string of the molecule is CCCCNC(N)=NCc1coc(-c2ccc(C)cc2)n1. The van der Waals surface area contributed by atoms with Gasteiger partial charge in [0.1, 0.15) is 12.0 Å². The van der Waals surface area contributed by atoms with Gasteiger partial charge in [-0.1, -0.05) is 31.0 Å². The van der Waals surface area contributed by atoms with Gasteiger partial charge in [0.2, 0.25) is 5.89 Å². The first kappa shape index (κ1) is 15.1. The Morgan fingerprint density at radius 3 is 2.81 bits per heavy atom. The number of hydrogen-bond donors (Lipinski definition) is 2. The van der Waals surface area contributed by atoms with Crippen LogP contribution in [0.1, 0.15) is 31.0 Å². The Labute approximate surface area is 125 Å². The molecule has 3 N–H and O–H groups in total. The number of nitrogens with two attached hydrogens (primary N) is 1. The van der Waals surface area contributed by atoms with E-state index in [1.54, 1.807) is 6.26 Å². The third kappa shape index (κ3) is 4.63. The third-order valence-corrected chi connectivity index (χ3v) is 3.10. The van der Waals surface area contributed by atoms with Crippen LogP contribution in [-0.4, -0.2) is 17.5 Å². The van der Waals surface area contributed by atoms with E-state index in [9.17, 15) is 0 Å². The molecule has 0 fully saturated rings. The van der Waals surface area contributed by atoms with Crippen molar-refractivity contribution < 1.29 is 4.42 Å². The van der Waals surface area contributed by atoms with Crippen molar-refractivity contribution in [3.8, 4) is 11.5 Å². The largest absolute Gasteiger partial charge is 0.444 e. The highest BCUT2D eigenvalue weighted by Crippen LogP contribution is 2.19. The number of aromatic nitrogens is 1. The zero-order chi connectivity index (χ0) is 15.1. The minimum absolute atomic E-state index is 0.417. The molecule has 0 bridgehead atoms. The standard InChI is InChI=1S/C16H22N4O/c1-3-4-9-18-16(17)19-10-14-11-21-15(20-14)13-7-5-12(2)6-8-13/h5-8,11H,3-4,9-10H2,1-2H3,(H3,17,18,19). The first-order valence-corrected chi connectivity index (χ1v) is 7.24. The predicted octanol–water partition coefficient (Wildman–Crippen LogP) is 2.85. The number of hydrogen-bond acceptors (Lipinski definition) is 3. The summed E-state index contributed by atoms with van der Waals surface area (Å²) in [5.74, 6) is 1.06. The minimum Gasteiger partial charge on any atom is -0.444 e. The average Bonchev–Trinajstić information content (AvgIpc) is 2.95. The smallest absolute Gasteiger partial charge is 0.226 e. The maximum absolute atomic E-state index is 5.78. The minimum atomic E-state index is 0.417. The molecule has 0 aliphatic rings. The molecule has 1 heterocycles. The molecule has 0 spiro atoms. The molecule has 1 aromatic carbocycles. The van der Waals surface area contributed by atoms with Crippen LogP contribution in [0.25, 0.3) is 11.5 Å². The normalized spacial score (nSPS) is 11.6. The maximum Gasteiger partial charge on any atom is 0.226 e. The Morgan fingerprint density at radius 2 is 2.10 bits per heavy atom. The second-order valence-electron chi connectivity index (χ2n) is 4.99. The lowest BCUT2D eigenvalue weighted by Crippen LogP contribution is -2.32. The molecular weight excluding hydrogens is 264 g/mol.